The monoisotopic (exact) mass is 907 g/mol. The van der Waals surface area contributed by atoms with E-state index in [1.54, 1.807) is 48.5 Å². The van der Waals surface area contributed by atoms with Crippen molar-refractivity contribution in [3.8, 4) is 11.5 Å². The number of ether oxygens (including phenoxy) is 2. The van der Waals surface area contributed by atoms with Gasteiger partial charge in [-0.2, -0.15) is 0 Å². The van der Waals surface area contributed by atoms with Crippen LogP contribution in [0.5, 0.6) is 11.5 Å². The van der Waals surface area contributed by atoms with Gasteiger partial charge in [-0.15, -0.1) is 0 Å². The largest absolute Gasteiger partial charge is 0.490 e. The number of unbranched alkanes of at least 4 members (excludes halogenated alkanes) is 2. The molecular formula is C52H49N3O10S. The van der Waals surface area contributed by atoms with Gasteiger partial charge in [0, 0.05) is 23.9 Å². The summed E-state index contributed by atoms with van der Waals surface area (Å²) in [5.74, 6) is -1.45. The van der Waals surface area contributed by atoms with E-state index in [1.807, 2.05) is 72.8 Å². The summed E-state index contributed by atoms with van der Waals surface area (Å²) in [6, 6.07) is 47.1. The van der Waals surface area contributed by atoms with Gasteiger partial charge >= 0.3 is 11.9 Å². The summed E-state index contributed by atoms with van der Waals surface area (Å²) in [6.07, 6.45) is 4.49. The number of nitrogens with one attached hydrogen (secondary N) is 3. The predicted octanol–water partition coefficient (Wildman–Crippen LogP) is 10.3. The minimum atomic E-state index is -3.89. The Morgan fingerprint density at radius 2 is 1.14 bits per heavy atom. The number of aromatic carboxylic acids is 2. The van der Waals surface area contributed by atoms with Gasteiger partial charge in [0.1, 0.15) is 24.7 Å². The van der Waals surface area contributed by atoms with Crippen molar-refractivity contribution in [2.24, 2.45) is 0 Å². The lowest BCUT2D eigenvalue weighted by atomic mass is 9.99. The van der Waals surface area contributed by atoms with E-state index in [0.717, 1.165) is 59.7 Å². The van der Waals surface area contributed by atoms with Gasteiger partial charge in [0.15, 0.2) is 0 Å². The summed E-state index contributed by atoms with van der Waals surface area (Å²) in [5.41, 5.74) is 4.79. The number of para-hydroxylation sites is 3. The minimum Gasteiger partial charge on any atom is -0.490 e. The Kier molecular flexibility index (Phi) is 16.6. The SMILES string of the molecule is CC(=O)Nc1ccc(S(=O)(=O)Nc2ccccc2OCCOc2ccc(C(=O)O)cc2)cc1.O=C(O)c1ccccc1CCCCCc1ccccc1NC(=O)c1cccc2ccccc12. The Hall–Kier alpha value is -7.97. The molecule has 0 saturated carbocycles. The molecule has 338 valence electrons. The first-order valence-corrected chi connectivity index (χ1v) is 22.6. The molecule has 0 atom stereocenters. The highest BCUT2D eigenvalue weighted by Crippen LogP contribution is 2.28. The number of carbonyl (C=O) groups excluding carboxylic acids is 2. The second kappa shape index (κ2) is 23.1. The van der Waals surface area contributed by atoms with Crippen LogP contribution in [0.4, 0.5) is 17.1 Å². The second-order valence-electron chi connectivity index (χ2n) is 15.0. The Bertz CT molecular complexity index is 2900. The van der Waals surface area contributed by atoms with Crippen LogP contribution in [0.3, 0.4) is 0 Å². The van der Waals surface area contributed by atoms with E-state index in [4.69, 9.17) is 14.6 Å². The van der Waals surface area contributed by atoms with Gasteiger partial charge in [0.25, 0.3) is 15.9 Å². The van der Waals surface area contributed by atoms with Crippen molar-refractivity contribution in [2.45, 2.75) is 43.9 Å². The van der Waals surface area contributed by atoms with Crippen LogP contribution in [0.15, 0.2) is 169 Å². The van der Waals surface area contributed by atoms with Crippen LogP contribution in [0.25, 0.3) is 10.8 Å². The number of carboxylic acids is 2. The number of aryl methyl sites for hydroxylation is 2. The third-order valence-corrected chi connectivity index (χ3v) is 11.6. The lowest BCUT2D eigenvalue weighted by molar-refractivity contribution is -0.114. The molecule has 7 aromatic carbocycles. The molecule has 7 aromatic rings. The van der Waals surface area contributed by atoms with Crippen LogP contribution in [0.2, 0.25) is 0 Å². The van der Waals surface area contributed by atoms with E-state index in [2.05, 4.69) is 21.4 Å². The van der Waals surface area contributed by atoms with E-state index in [-0.39, 0.29) is 41.2 Å². The summed E-state index contributed by atoms with van der Waals surface area (Å²) in [6.45, 7) is 1.66. The van der Waals surface area contributed by atoms with Crippen LogP contribution in [-0.2, 0) is 27.7 Å². The molecule has 0 unspecified atom stereocenters. The zero-order chi connectivity index (χ0) is 46.9. The van der Waals surface area contributed by atoms with Crippen molar-refractivity contribution in [1.29, 1.82) is 0 Å². The van der Waals surface area contributed by atoms with Gasteiger partial charge in [0.2, 0.25) is 5.91 Å². The molecule has 7 rings (SSSR count). The summed E-state index contributed by atoms with van der Waals surface area (Å²) >= 11 is 0. The Balaban J connectivity index is 0.000000218. The highest BCUT2D eigenvalue weighted by atomic mass is 32.2. The number of rotatable bonds is 19. The topological polar surface area (TPSA) is 197 Å². The molecule has 0 spiro atoms. The maximum atomic E-state index is 13.0. The van der Waals surface area contributed by atoms with E-state index in [1.165, 1.54) is 43.3 Å². The molecule has 0 fully saturated rings. The number of hydrogen-bond acceptors (Lipinski definition) is 8. The molecule has 0 aliphatic rings. The molecule has 0 aliphatic heterocycles. The number of hydrogen-bond donors (Lipinski definition) is 5. The average molecular weight is 908 g/mol. The highest BCUT2D eigenvalue weighted by molar-refractivity contribution is 7.92. The maximum absolute atomic E-state index is 13.0. The van der Waals surface area contributed by atoms with E-state index < -0.39 is 22.0 Å². The summed E-state index contributed by atoms with van der Waals surface area (Å²) in [7, 11) is -3.89. The maximum Gasteiger partial charge on any atom is 0.335 e. The molecule has 0 heterocycles. The first-order valence-electron chi connectivity index (χ1n) is 21.1. The Morgan fingerprint density at radius 1 is 0.545 bits per heavy atom. The van der Waals surface area contributed by atoms with Crippen LogP contribution < -0.4 is 24.8 Å². The Labute approximate surface area is 383 Å². The van der Waals surface area contributed by atoms with Crippen molar-refractivity contribution in [3.63, 3.8) is 0 Å². The molecule has 0 saturated heterocycles. The van der Waals surface area contributed by atoms with E-state index in [0.29, 0.717) is 28.3 Å². The van der Waals surface area contributed by atoms with Gasteiger partial charge < -0.3 is 30.3 Å². The lowest BCUT2D eigenvalue weighted by Crippen LogP contribution is -2.15. The molecule has 66 heavy (non-hydrogen) atoms. The van der Waals surface area contributed by atoms with Gasteiger partial charge in [-0.25, -0.2) is 18.0 Å². The molecule has 2 amide bonds. The summed E-state index contributed by atoms with van der Waals surface area (Å²) < 4.78 is 39.2. The van der Waals surface area contributed by atoms with Crippen LogP contribution in [0, 0.1) is 0 Å². The van der Waals surface area contributed by atoms with Gasteiger partial charge in [-0.3, -0.25) is 14.3 Å². The van der Waals surface area contributed by atoms with Crippen LogP contribution in [-0.4, -0.2) is 55.6 Å². The zero-order valence-electron chi connectivity index (χ0n) is 36.1. The van der Waals surface area contributed by atoms with Crippen LogP contribution >= 0.6 is 0 Å². The summed E-state index contributed by atoms with van der Waals surface area (Å²) in [4.78, 5) is 46.4. The fourth-order valence-electron chi connectivity index (χ4n) is 7.03. The zero-order valence-corrected chi connectivity index (χ0v) is 36.9. The third kappa shape index (κ3) is 13.5. The van der Waals surface area contributed by atoms with E-state index >= 15 is 0 Å². The number of sulfonamides is 1. The van der Waals surface area contributed by atoms with Crippen molar-refractivity contribution >= 4 is 61.6 Å². The summed E-state index contributed by atoms with van der Waals surface area (Å²) in [5, 5.41) is 25.9. The molecule has 0 aliphatic carbocycles. The Morgan fingerprint density at radius 3 is 1.85 bits per heavy atom. The predicted molar refractivity (Wildman–Crippen MR) is 255 cm³/mol. The first-order chi connectivity index (χ1) is 31.9. The number of carbonyl (C=O) groups is 4. The lowest BCUT2D eigenvalue weighted by Gasteiger charge is -2.14. The quantitative estimate of drug-likeness (QED) is 0.0487. The van der Waals surface area contributed by atoms with E-state index in [9.17, 15) is 32.7 Å². The van der Waals surface area contributed by atoms with Crippen LogP contribution in [0.1, 0.15) is 68.4 Å². The van der Waals surface area contributed by atoms with Gasteiger partial charge in [-0.1, -0.05) is 91.3 Å². The highest BCUT2D eigenvalue weighted by Gasteiger charge is 2.17. The molecule has 14 heteroatoms. The molecule has 0 bridgehead atoms. The smallest absolute Gasteiger partial charge is 0.335 e. The fourth-order valence-corrected chi connectivity index (χ4v) is 8.10. The van der Waals surface area contributed by atoms with Gasteiger partial charge in [-0.05, 0) is 126 Å². The average Bonchev–Trinajstić information content (AvgIpc) is 3.31. The number of fused-ring (bicyclic) bond motifs is 1. The first kappa shape index (κ1) is 47.5. The molecule has 0 radical (unpaired) electrons. The number of amides is 2. The fraction of sp³-hybridized carbons (Fsp3) is 0.154. The molecule has 13 nitrogen and oxygen atoms in total. The molecule has 5 N–H and O–H groups in total. The molecular weight excluding hydrogens is 859 g/mol. The number of carboxylic acid groups (broad SMARTS) is 2. The van der Waals surface area contributed by atoms with Crippen molar-refractivity contribution in [3.05, 3.63) is 192 Å². The number of benzene rings is 7. The normalized spacial score (nSPS) is 10.8. The number of anilines is 3. The third-order valence-electron chi connectivity index (χ3n) is 10.3. The van der Waals surface area contributed by atoms with Crippen molar-refractivity contribution < 1.29 is 47.3 Å². The van der Waals surface area contributed by atoms with Crippen molar-refractivity contribution in [2.75, 3.05) is 28.6 Å². The standard InChI is InChI=1S/C29H27NO3.C23H22N2O7S/c31-28(26-19-10-16-21-12-4-7-17-24(21)26)30-27-20-9-6-15-23(27)14-3-1-2-11-22-13-5-8-18-25(22)29(32)33;1-16(26)24-18-8-12-20(13-9-18)33(29,30)25-21-4-2-3-5-22(21)32-15-14-31-19-10-6-17(7-11-19)23(27)28/h4-10,12-13,15-20H,1-3,11,14H2,(H,30,31)(H,32,33);2-13,25H,14-15H2,1H3,(H,24,26)(H,27,28). The van der Waals surface area contributed by atoms with Crippen molar-refractivity contribution in [1.82, 2.24) is 0 Å². The minimum absolute atomic E-state index is 0.0274. The molecule has 0 aromatic heterocycles. The van der Waals surface area contributed by atoms with Gasteiger partial charge in [0.05, 0.1) is 21.7 Å². The second-order valence-corrected chi connectivity index (χ2v) is 16.7.